The minimum Gasteiger partial charge on any atom is -0.369 e. The van der Waals surface area contributed by atoms with Gasteiger partial charge in [-0.15, -0.1) is 0 Å². The van der Waals surface area contributed by atoms with Crippen LogP contribution >= 0.6 is 0 Å². The number of H-pyrrole nitrogens is 1. The van der Waals surface area contributed by atoms with Gasteiger partial charge in [0.15, 0.2) is 0 Å². The molecule has 2 aliphatic rings. The molecule has 0 aliphatic carbocycles. The summed E-state index contributed by atoms with van der Waals surface area (Å²) in [5.41, 5.74) is 2.19. The van der Waals surface area contributed by atoms with Gasteiger partial charge in [-0.2, -0.15) is 5.10 Å². The molecule has 2 fully saturated rings. The minimum atomic E-state index is -0.200. The van der Waals surface area contributed by atoms with Crippen molar-refractivity contribution in [3.05, 3.63) is 36.3 Å². The van der Waals surface area contributed by atoms with E-state index in [4.69, 9.17) is 0 Å². The molecule has 0 radical (unpaired) electrons. The van der Waals surface area contributed by atoms with E-state index in [-0.39, 0.29) is 5.82 Å². The number of likely N-dealkylation sites (tertiary alicyclic amines) is 1. The summed E-state index contributed by atoms with van der Waals surface area (Å²) in [6.07, 6.45) is 5.43. The molecule has 2 aromatic rings. The number of anilines is 1. The Balaban J connectivity index is 1.38. The lowest BCUT2D eigenvalue weighted by Crippen LogP contribution is -2.39. The Hall–Kier alpha value is -2.37. The van der Waals surface area contributed by atoms with Crippen LogP contribution in [-0.4, -0.2) is 47.2 Å². The molecule has 0 unspecified atom stereocenters. The second-order valence-electron chi connectivity index (χ2n) is 7.00. The van der Waals surface area contributed by atoms with Gasteiger partial charge in [-0.1, -0.05) is 6.07 Å². The van der Waals surface area contributed by atoms with Gasteiger partial charge in [-0.25, -0.2) is 4.39 Å². The van der Waals surface area contributed by atoms with Crippen molar-refractivity contribution < 1.29 is 9.18 Å². The first-order chi connectivity index (χ1) is 12.2. The molecule has 0 saturated carbocycles. The second-order valence-corrected chi connectivity index (χ2v) is 7.00. The van der Waals surface area contributed by atoms with Crippen LogP contribution in [0.3, 0.4) is 0 Å². The van der Waals surface area contributed by atoms with Gasteiger partial charge in [-0.3, -0.25) is 9.89 Å². The molecule has 1 aromatic carbocycles. The Morgan fingerprint density at radius 2 is 2.04 bits per heavy atom. The Bertz CT molecular complexity index is 738. The number of aromatic amines is 1. The number of nitrogens with one attached hydrogen (secondary N) is 1. The van der Waals surface area contributed by atoms with Crippen molar-refractivity contribution in [1.29, 1.82) is 0 Å². The summed E-state index contributed by atoms with van der Waals surface area (Å²) in [5.74, 6) is 0.626. The van der Waals surface area contributed by atoms with Gasteiger partial charge >= 0.3 is 0 Å². The third-order valence-corrected chi connectivity index (χ3v) is 5.35. The molecule has 1 N–H and O–H groups in total. The normalized spacial score (nSPS) is 19.0. The molecule has 132 valence electrons. The summed E-state index contributed by atoms with van der Waals surface area (Å²) in [6.45, 7) is 3.45. The van der Waals surface area contributed by atoms with Gasteiger partial charge in [0.2, 0.25) is 5.91 Å². The van der Waals surface area contributed by atoms with E-state index < -0.39 is 0 Å². The molecular weight excluding hydrogens is 319 g/mol. The predicted octanol–water partition coefficient (Wildman–Crippen LogP) is 3.05. The van der Waals surface area contributed by atoms with Gasteiger partial charge in [0.25, 0.3) is 0 Å². The first kappa shape index (κ1) is 16.1. The van der Waals surface area contributed by atoms with E-state index in [1.807, 2.05) is 23.1 Å². The highest BCUT2D eigenvalue weighted by Crippen LogP contribution is 2.29. The molecule has 5 nitrogen and oxygen atoms in total. The monoisotopic (exact) mass is 342 g/mol. The Labute approximate surface area is 146 Å². The van der Waals surface area contributed by atoms with Crippen molar-refractivity contribution >= 4 is 11.6 Å². The van der Waals surface area contributed by atoms with Crippen molar-refractivity contribution in [3.8, 4) is 11.3 Å². The van der Waals surface area contributed by atoms with E-state index in [0.717, 1.165) is 56.7 Å². The fraction of sp³-hybridized carbons (Fsp3) is 0.474. The number of carbonyl (C=O) groups is 1. The molecule has 2 saturated heterocycles. The molecule has 0 bridgehead atoms. The lowest BCUT2D eigenvalue weighted by atomic mass is 9.95. The molecule has 2 aliphatic heterocycles. The minimum absolute atomic E-state index is 0.200. The highest BCUT2D eigenvalue weighted by atomic mass is 19.1. The summed E-state index contributed by atoms with van der Waals surface area (Å²) in [7, 11) is 0. The summed E-state index contributed by atoms with van der Waals surface area (Å²) in [6, 6.07) is 7.16. The highest BCUT2D eigenvalue weighted by molar-refractivity contribution is 5.78. The standard InChI is InChI=1S/C19H23FN4O/c20-16-12-15(17-5-8-21-22-17)3-4-18(16)23-10-6-14(7-11-23)13-24-9-1-2-19(24)25/h3-5,8,12,14H,1-2,6-7,9-11,13H2,(H,21,22). The molecule has 3 heterocycles. The Morgan fingerprint density at radius 1 is 1.20 bits per heavy atom. The molecule has 1 aromatic heterocycles. The Morgan fingerprint density at radius 3 is 2.68 bits per heavy atom. The van der Waals surface area contributed by atoms with Gasteiger partial charge in [0, 0.05) is 44.4 Å². The first-order valence-corrected chi connectivity index (χ1v) is 9.03. The maximum atomic E-state index is 14.6. The van der Waals surface area contributed by atoms with Gasteiger partial charge in [0.1, 0.15) is 5.82 Å². The van der Waals surface area contributed by atoms with Crippen molar-refractivity contribution in [2.45, 2.75) is 25.7 Å². The van der Waals surface area contributed by atoms with Crippen LogP contribution < -0.4 is 4.90 Å². The van der Waals surface area contributed by atoms with E-state index >= 15 is 0 Å². The van der Waals surface area contributed by atoms with Crippen molar-refractivity contribution in [2.75, 3.05) is 31.1 Å². The zero-order valence-electron chi connectivity index (χ0n) is 14.2. The first-order valence-electron chi connectivity index (χ1n) is 9.03. The van der Waals surface area contributed by atoms with Crippen LogP contribution in [0.4, 0.5) is 10.1 Å². The maximum absolute atomic E-state index is 14.6. The SMILES string of the molecule is O=C1CCCN1CC1CCN(c2ccc(-c3cc[nH]n3)cc2F)CC1. The number of piperidine rings is 1. The zero-order chi connectivity index (χ0) is 17.2. The van der Waals surface area contributed by atoms with Crippen LogP contribution in [0, 0.1) is 11.7 Å². The number of amides is 1. The number of aromatic nitrogens is 2. The molecule has 0 atom stereocenters. The van der Waals surface area contributed by atoms with Crippen LogP contribution in [0.25, 0.3) is 11.3 Å². The third-order valence-electron chi connectivity index (χ3n) is 5.35. The molecule has 1 amide bonds. The van der Waals surface area contributed by atoms with Crippen LogP contribution in [0.1, 0.15) is 25.7 Å². The number of halogens is 1. The molecular formula is C19H23FN4O. The molecule has 25 heavy (non-hydrogen) atoms. The van der Waals surface area contributed by atoms with E-state index in [0.29, 0.717) is 23.9 Å². The van der Waals surface area contributed by atoms with Crippen LogP contribution in [0.5, 0.6) is 0 Å². The second kappa shape index (κ2) is 6.86. The summed E-state index contributed by atoms with van der Waals surface area (Å²) in [4.78, 5) is 15.9. The van der Waals surface area contributed by atoms with Crippen molar-refractivity contribution in [2.24, 2.45) is 5.92 Å². The number of carbonyl (C=O) groups excluding carboxylic acids is 1. The van der Waals surface area contributed by atoms with Crippen LogP contribution in [0.15, 0.2) is 30.5 Å². The largest absolute Gasteiger partial charge is 0.369 e. The average Bonchev–Trinajstić information content (AvgIpc) is 3.28. The lowest BCUT2D eigenvalue weighted by molar-refractivity contribution is -0.128. The zero-order valence-corrected chi connectivity index (χ0v) is 14.2. The van der Waals surface area contributed by atoms with Gasteiger partial charge in [-0.05, 0) is 43.4 Å². The quantitative estimate of drug-likeness (QED) is 0.929. The van der Waals surface area contributed by atoms with Crippen molar-refractivity contribution in [1.82, 2.24) is 15.1 Å². The number of hydrogen-bond acceptors (Lipinski definition) is 3. The molecule has 6 heteroatoms. The fourth-order valence-electron chi connectivity index (χ4n) is 3.91. The van der Waals surface area contributed by atoms with E-state index in [2.05, 4.69) is 15.1 Å². The fourth-order valence-corrected chi connectivity index (χ4v) is 3.91. The smallest absolute Gasteiger partial charge is 0.222 e. The predicted molar refractivity (Wildman–Crippen MR) is 94.7 cm³/mol. The molecule has 4 rings (SSSR count). The summed E-state index contributed by atoms with van der Waals surface area (Å²) < 4.78 is 14.6. The number of rotatable bonds is 4. The highest BCUT2D eigenvalue weighted by Gasteiger charge is 2.27. The van der Waals surface area contributed by atoms with E-state index in [1.165, 1.54) is 0 Å². The molecule has 0 spiro atoms. The third kappa shape index (κ3) is 3.38. The van der Waals surface area contributed by atoms with Crippen LogP contribution in [-0.2, 0) is 4.79 Å². The van der Waals surface area contributed by atoms with E-state index in [1.54, 1.807) is 12.3 Å². The summed E-state index contributed by atoms with van der Waals surface area (Å²) >= 11 is 0. The van der Waals surface area contributed by atoms with Crippen molar-refractivity contribution in [3.63, 3.8) is 0 Å². The summed E-state index contributed by atoms with van der Waals surface area (Å²) in [5, 5.41) is 6.85. The van der Waals surface area contributed by atoms with Crippen LogP contribution in [0.2, 0.25) is 0 Å². The number of nitrogens with zero attached hydrogens (tertiary/aromatic N) is 3. The average molecular weight is 342 g/mol. The lowest BCUT2D eigenvalue weighted by Gasteiger charge is -2.35. The van der Waals surface area contributed by atoms with E-state index in [9.17, 15) is 9.18 Å². The van der Waals surface area contributed by atoms with Gasteiger partial charge in [0.05, 0.1) is 11.4 Å². The maximum Gasteiger partial charge on any atom is 0.222 e. The van der Waals surface area contributed by atoms with Gasteiger partial charge < -0.3 is 9.80 Å². The Kier molecular flexibility index (Phi) is 4.42. The number of benzene rings is 1. The topological polar surface area (TPSA) is 52.2 Å². The number of hydrogen-bond donors (Lipinski definition) is 1.